The van der Waals surface area contributed by atoms with Crippen molar-refractivity contribution in [2.75, 3.05) is 39.3 Å². The van der Waals surface area contributed by atoms with Crippen LogP contribution in [0.25, 0.3) is 0 Å². The van der Waals surface area contributed by atoms with Crippen LogP contribution in [-0.4, -0.2) is 71.9 Å². The van der Waals surface area contributed by atoms with Crippen molar-refractivity contribution in [3.63, 3.8) is 0 Å². The van der Waals surface area contributed by atoms with Gasteiger partial charge in [-0.15, -0.1) is 0 Å². The van der Waals surface area contributed by atoms with Gasteiger partial charge in [0, 0.05) is 18.8 Å². The Hall–Kier alpha value is -0.930. The van der Waals surface area contributed by atoms with Crippen molar-refractivity contribution in [2.45, 2.75) is 39.0 Å². The normalized spacial score (nSPS) is 13.0. The van der Waals surface area contributed by atoms with Gasteiger partial charge in [0.1, 0.15) is 6.54 Å². The van der Waals surface area contributed by atoms with E-state index in [0.29, 0.717) is 19.5 Å². The number of unbranched alkanes of at least 4 members (excludes halogenated alkanes) is 1. The van der Waals surface area contributed by atoms with Gasteiger partial charge in [-0.2, -0.15) is 0 Å². The third-order valence-corrected chi connectivity index (χ3v) is 4.08. The van der Waals surface area contributed by atoms with Crippen molar-refractivity contribution in [3.8, 4) is 0 Å². The summed E-state index contributed by atoms with van der Waals surface area (Å²) in [6, 6.07) is 0. The molecule has 0 spiro atoms. The number of carboxylic acid groups (broad SMARTS) is 2. The maximum Gasteiger partial charge on any atom is 1.00 e. The topological polar surface area (TPSA) is 127 Å². The summed E-state index contributed by atoms with van der Waals surface area (Å²) in [7, 11) is 0. The van der Waals surface area contributed by atoms with Crippen molar-refractivity contribution in [1.82, 2.24) is 5.32 Å². The molecule has 0 heterocycles. The Morgan fingerprint density at radius 1 is 1.08 bits per heavy atom. The molecule has 1 unspecified atom stereocenters. The Bertz CT molecular complexity index is 439. The van der Waals surface area contributed by atoms with Crippen LogP contribution in [0.3, 0.4) is 0 Å². The molecule has 26 heavy (non-hydrogen) atoms. The average molecular weight is 381 g/mol. The molecule has 8 nitrogen and oxygen atoms in total. The number of rotatable bonds is 15. The molecule has 0 aromatic rings. The number of nitrogens with zero attached hydrogens (tertiary/aromatic N) is 1. The number of allylic oxidation sites excluding steroid dienone is 2. The standard InChI is InChI=1S/C17H30N2O6.Na/c1-2-3-4-5-6-15(21)18-9-12-19(13-14-20,10-7-16(22)23)11-8-17(24)25;/h2-3,20H,4-14H2,1H3,(H2-,18,21,22,23,24,25);/q;+1/b3-2+;. The first kappa shape index (κ1) is 27.3. The van der Waals surface area contributed by atoms with Crippen LogP contribution in [0.5, 0.6) is 0 Å². The first-order valence-electron chi connectivity index (χ1n) is 8.60. The van der Waals surface area contributed by atoms with Crippen LogP contribution < -0.4 is 40.0 Å². The van der Waals surface area contributed by atoms with E-state index in [1.165, 1.54) is 0 Å². The van der Waals surface area contributed by atoms with Crippen LogP contribution in [0.2, 0.25) is 0 Å². The molecule has 0 saturated carbocycles. The molecule has 0 aromatic carbocycles. The van der Waals surface area contributed by atoms with Gasteiger partial charge in [-0.05, 0) is 19.8 Å². The minimum atomic E-state index is -1.22. The number of carbonyl (C=O) groups is 3. The molecule has 0 aliphatic carbocycles. The van der Waals surface area contributed by atoms with Crippen molar-refractivity contribution in [2.24, 2.45) is 0 Å². The number of amides is 1. The molecule has 9 heteroatoms. The average Bonchev–Trinajstić information content (AvgIpc) is 2.55. The van der Waals surface area contributed by atoms with Crippen LogP contribution >= 0.6 is 0 Å². The summed E-state index contributed by atoms with van der Waals surface area (Å²) >= 11 is 0. The third-order valence-electron chi connectivity index (χ3n) is 4.08. The summed E-state index contributed by atoms with van der Waals surface area (Å²) in [5.41, 5.74) is 0. The fourth-order valence-electron chi connectivity index (χ4n) is 2.61. The van der Waals surface area contributed by atoms with Crippen molar-refractivity contribution >= 4 is 17.8 Å². The van der Waals surface area contributed by atoms with Crippen molar-refractivity contribution < 1.29 is 63.7 Å². The molecule has 1 atom stereocenters. The fraction of sp³-hybridized carbons (Fsp3) is 0.706. The van der Waals surface area contributed by atoms with E-state index in [4.69, 9.17) is 5.11 Å². The van der Waals surface area contributed by atoms with Gasteiger partial charge in [0.15, 0.2) is 0 Å². The number of hydrogen-bond acceptors (Lipinski definition) is 5. The number of aliphatic hydroxyl groups is 1. The molecular weight excluding hydrogens is 351 g/mol. The number of carboxylic acids is 2. The number of carbonyl (C=O) groups excluding carboxylic acids is 2. The molecule has 0 bridgehead atoms. The van der Waals surface area contributed by atoms with Crippen LogP contribution in [0.4, 0.5) is 0 Å². The Labute approximate surface area is 177 Å². The first-order chi connectivity index (χ1) is 11.8. The van der Waals surface area contributed by atoms with Crippen LogP contribution in [-0.2, 0) is 14.4 Å². The minimum absolute atomic E-state index is 0. The van der Waals surface area contributed by atoms with Gasteiger partial charge >= 0.3 is 35.5 Å². The maximum atomic E-state index is 11.8. The Balaban J connectivity index is 0. The monoisotopic (exact) mass is 381 g/mol. The van der Waals surface area contributed by atoms with Gasteiger partial charge in [0.05, 0.1) is 39.2 Å². The largest absolute Gasteiger partial charge is 1.00 e. The molecule has 0 aliphatic rings. The quantitative estimate of drug-likeness (QED) is 0.116. The molecule has 144 valence electrons. The molecule has 0 rings (SSSR count). The number of aliphatic hydroxyl groups excluding tert-OH is 1. The summed E-state index contributed by atoms with van der Waals surface area (Å²) in [4.78, 5) is 33.4. The van der Waals surface area contributed by atoms with Gasteiger partial charge in [0.2, 0.25) is 5.91 Å². The van der Waals surface area contributed by atoms with E-state index in [9.17, 15) is 24.6 Å². The number of quaternary nitrogens is 1. The van der Waals surface area contributed by atoms with Crippen LogP contribution in [0.15, 0.2) is 12.2 Å². The molecule has 1 amide bonds. The molecule has 3 N–H and O–H groups in total. The van der Waals surface area contributed by atoms with Gasteiger partial charge in [-0.25, -0.2) is 0 Å². The summed E-state index contributed by atoms with van der Waals surface area (Å²) in [5.74, 6) is -2.30. The van der Waals surface area contributed by atoms with E-state index in [1.54, 1.807) is 0 Å². The minimum Gasteiger partial charge on any atom is -0.550 e. The predicted molar refractivity (Wildman–Crippen MR) is 90.4 cm³/mol. The molecule has 0 fully saturated rings. The second-order valence-corrected chi connectivity index (χ2v) is 6.04. The SMILES string of the molecule is C/C=C/CCCC(=O)NCC[N+](CCO)(CCC(=O)[O-])CCC(=O)O.[Na+]. The van der Waals surface area contributed by atoms with Crippen LogP contribution in [0.1, 0.15) is 39.0 Å². The number of aliphatic carboxylic acids is 2. The van der Waals surface area contributed by atoms with E-state index >= 15 is 0 Å². The second-order valence-electron chi connectivity index (χ2n) is 6.04. The maximum absolute atomic E-state index is 11.8. The van der Waals surface area contributed by atoms with Crippen LogP contribution in [0, 0.1) is 0 Å². The van der Waals surface area contributed by atoms with Crippen molar-refractivity contribution in [3.05, 3.63) is 12.2 Å². The van der Waals surface area contributed by atoms with E-state index in [-0.39, 0.29) is 79.0 Å². The molecule has 0 aliphatic heterocycles. The Morgan fingerprint density at radius 3 is 2.27 bits per heavy atom. The van der Waals surface area contributed by atoms with E-state index in [1.807, 2.05) is 19.1 Å². The zero-order chi connectivity index (χ0) is 19.1. The van der Waals surface area contributed by atoms with Gasteiger partial charge < -0.3 is 29.9 Å². The zero-order valence-electron chi connectivity index (χ0n) is 15.9. The number of hydrogen-bond donors (Lipinski definition) is 3. The Kier molecular flexibility index (Phi) is 17.1. The van der Waals surface area contributed by atoms with Crippen molar-refractivity contribution in [1.29, 1.82) is 0 Å². The van der Waals surface area contributed by atoms with E-state index < -0.39 is 11.9 Å². The Morgan fingerprint density at radius 2 is 1.73 bits per heavy atom. The molecule has 0 aromatic heterocycles. The van der Waals surface area contributed by atoms with Gasteiger partial charge in [0.25, 0.3) is 0 Å². The number of nitrogens with one attached hydrogen (secondary N) is 1. The second kappa shape index (κ2) is 16.3. The fourth-order valence-corrected chi connectivity index (χ4v) is 2.61. The smallest absolute Gasteiger partial charge is 0.550 e. The van der Waals surface area contributed by atoms with Gasteiger partial charge in [-0.1, -0.05) is 12.2 Å². The first-order valence-corrected chi connectivity index (χ1v) is 8.60. The third kappa shape index (κ3) is 14.3. The van der Waals surface area contributed by atoms with E-state index in [0.717, 1.165) is 12.8 Å². The molecular formula is C17H30N2NaO6+. The van der Waals surface area contributed by atoms with Gasteiger partial charge in [-0.3, -0.25) is 9.59 Å². The van der Waals surface area contributed by atoms with E-state index in [2.05, 4.69) is 5.32 Å². The summed E-state index contributed by atoms with van der Waals surface area (Å²) in [5, 5.41) is 31.7. The summed E-state index contributed by atoms with van der Waals surface area (Å²) < 4.78 is 0.121. The summed E-state index contributed by atoms with van der Waals surface area (Å²) in [6.45, 7) is 2.98. The molecule has 0 saturated heterocycles. The summed E-state index contributed by atoms with van der Waals surface area (Å²) in [6.07, 6.45) is 5.54. The zero-order valence-corrected chi connectivity index (χ0v) is 17.9. The molecule has 0 radical (unpaired) electrons. The predicted octanol–water partition coefficient (Wildman–Crippen LogP) is -3.72.